The molecule has 0 saturated heterocycles. The molecule has 0 fully saturated rings. The van der Waals surface area contributed by atoms with Crippen LogP contribution in [0.25, 0.3) is 0 Å². The van der Waals surface area contributed by atoms with E-state index in [0.29, 0.717) is 5.56 Å². The maximum Gasteiger partial charge on any atom is 0.339 e. The topological polar surface area (TPSA) is 26.3 Å². The maximum atomic E-state index is 12.3. The Morgan fingerprint density at radius 1 is 1.38 bits per heavy atom. The molecule has 1 rings (SSSR count). The lowest BCUT2D eigenvalue weighted by Crippen LogP contribution is -2.24. The monoisotopic (exact) mass is 284 g/mol. The van der Waals surface area contributed by atoms with Crippen molar-refractivity contribution >= 4 is 5.97 Å². The fourth-order valence-corrected chi connectivity index (χ4v) is 2.07. The van der Waals surface area contributed by atoms with E-state index < -0.39 is 6.10 Å². The van der Waals surface area contributed by atoms with E-state index in [4.69, 9.17) is 4.74 Å². The van der Waals surface area contributed by atoms with Gasteiger partial charge in [0.05, 0.1) is 5.56 Å². The lowest BCUT2D eigenvalue weighted by Gasteiger charge is -2.19. The number of hydrogen-bond donors (Lipinski definition) is 0. The van der Waals surface area contributed by atoms with Crippen LogP contribution in [0.1, 0.15) is 49.5 Å². The van der Waals surface area contributed by atoms with Gasteiger partial charge in [-0.25, -0.2) is 4.79 Å². The zero-order chi connectivity index (χ0) is 15.8. The third kappa shape index (κ3) is 5.47. The second-order valence-corrected chi connectivity index (χ2v) is 5.46. The van der Waals surface area contributed by atoms with Gasteiger partial charge in [-0.15, -0.1) is 0 Å². The van der Waals surface area contributed by atoms with Crippen molar-refractivity contribution in [2.45, 2.75) is 46.6 Å². The largest absolute Gasteiger partial charge is 0.445 e. The second-order valence-electron chi connectivity index (χ2n) is 5.46. The number of benzene rings is 1. The predicted octanol–water partition coefficient (Wildman–Crippen LogP) is 4.54. The number of allylic oxidation sites excluding steroid dienone is 1. The summed E-state index contributed by atoms with van der Waals surface area (Å²) in [6.45, 7) is 11.7. The molecule has 1 aromatic rings. The van der Waals surface area contributed by atoms with Gasteiger partial charge in [-0.3, -0.25) is 0 Å². The zero-order valence-corrected chi connectivity index (χ0v) is 13.4. The van der Waals surface area contributed by atoms with Gasteiger partial charge in [0.15, 0.2) is 6.10 Å². The van der Waals surface area contributed by atoms with E-state index in [2.05, 4.69) is 32.3 Å². The molecule has 0 bridgehead atoms. The van der Waals surface area contributed by atoms with E-state index in [9.17, 15) is 4.79 Å². The minimum atomic E-state index is -0.395. The van der Waals surface area contributed by atoms with E-state index in [1.54, 1.807) is 6.07 Å². The number of ether oxygens (including phenoxy) is 1. The summed E-state index contributed by atoms with van der Waals surface area (Å²) in [4.78, 5) is 12.3. The van der Waals surface area contributed by atoms with Gasteiger partial charge >= 0.3 is 5.97 Å². The first-order chi connectivity index (χ1) is 9.95. The SMILES string of the molecule is C=C(C)C#CC(OC(=O)c1ccccc1C)C(C)CCC. The molecule has 21 heavy (non-hydrogen) atoms. The molecule has 0 amide bonds. The zero-order valence-electron chi connectivity index (χ0n) is 13.4. The highest BCUT2D eigenvalue weighted by Crippen LogP contribution is 2.17. The quantitative estimate of drug-likeness (QED) is 0.586. The summed E-state index contributed by atoms with van der Waals surface area (Å²) in [6, 6.07) is 7.43. The summed E-state index contributed by atoms with van der Waals surface area (Å²) in [5, 5.41) is 0. The minimum Gasteiger partial charge on any atom is -0.445 e. The van der Waals surface area contributed by atoms with Crippen LogP contribution in [0.3, 0.4) is 0 Å². The van der Waals surface area contributed by atoms with Gasteiger partial charge in [0.2, 0.25) is 0 Å². The number of esters is 1. The van der Waals surface area contributed by atoms with Crippen LogP contribution in [-0.4, -0.2) is 12.1 Å². The highest BCUT2D eigenvalue weighted by Gasteiger charge is 2.20. The third-order valence-electron chi connectivity index (χ3n) is 3.29. The summed E-state index contributed by atoms with van der Waals surface area (Å²) in [5.41, 5.74) is 2.29. The summed E-state index contributed by atoms with van der Waals surface area (Å²) >= 11 is 0. The Hall–Kier alpha value is -2.01. The van der Waals surface area contributed by atoms with Crippen LogP contribution in [0.2, 0.25) is 0 Å². The van der Waals surface area contributed by atoms with Crippen molar-refractivity contribution in [3.05, 3.63) is 47.5 Å². The van der Waals surface area contributed by atoms with Crippen molar-refractivity contribution < 1.29 is 9.53 Å². The average molecular weight is 284 g/mol. The van der Waals surface area contributed by atoms with Gasteiger partial charge < -0.3 is 4.74 Å². The molecule has 0 N–H and O–H groups in total. The van der Waals surface area contributed by atoms with Gasteiger partial charge in [-0.05, 0) is 37.5 Å². The second kappa shape index (κ2) is 8.32. The molecule has 0 aromatic heterocycles. The van der Waals surface area contributed by atoms with Gasteiger partial charge in [0.1, 0.15) is 0 Å². The van der Waals surface area contributed by atoms with Crippen LogP contribution in [0.4, 0.5) is 0 Å². The molecule has 112 valence electrons. The number of carbonyl (C=O) groups is 1. The van der Waals surface area contributed by atoms with Crippen LogP contribution in [-0.2, 0) is 4.74 Å². The molecular formula is C19H24O2. The molecule has 2 unspecified atom stereocenters. The van der Waals surface area contributed by atoms with Crippen molar-refractivity contribution in [1.29, 1.82) is 0 Å². The summed E-state index contributed by atoms with van der Waals surface area (Å²) in [7, 11) is 0. The average Bonchev–Trinajstić information content (AvgIpc) is 2.43. The normalized spacial score (nSPS) is 12.8. The number of aryl methyl sites for hydroxylation is 1. The van der Waals surface area contributed by atoms with Crippen molar-refractivity contribution in [2.75, 3.05) is 0 Å². The van der Waals surface area contributed by atoms with E-state index in [0.717, 1.165) is 24.0 Å². The Morgan fingerprint density at radius 2 is 2.05 bits per heavy atom. The molecule has 0 radical (unpaired) electrons. The van der Waals surface area contributed by atoms with Gasteiger partial charge in [0.25, 0.3) is 0 Å². The fraction of sp³-hybridized carbons (Fsp3) is 0.421. The highest BCUT2D eigenvalue weighted by molar-refractivity contribution is 5.91. The molecule has 0 heterocycles. The number of rotatable bonds is 5. The molecule has 1 aromatic carbocycles. The predicted molar refractivity (Wildman–Crippen MR) is 87.0 cm³/mol. The van der Waals surface area contributed by atoms with Crippen molar-refractivity contribution in [2.24, 2.45) is 5.92 Å². The van der Waals surface area contributed by atoms with E-state index in [1.165, 1.54) is 0 Å². The minimum absolute atomic E-state index is 0.204. The van der Waals surface area contributed by atoms with E-state index in [-0.39, 0.29) is 11.9 Å². The van der Waals surface area contributed by atoms with Crippen LogP contribution in [0, 0.1) is 24.7 Å². The molecule has 0 saturated carbocycles. The first kappa shape index (κ1) is 17.0. The smallest absolute Gasteiger partial charge is 0.339 e. The maximum absolute atomic E-state index is 12.3. The van der Waals surface area contributed by atoms with Crippen molar-refractivity contribution in [3.63, 3.8) is 0 Å². The summed E-state index contributed by atoms with van der Waals surface area (Å²) in [5.74, 6) is 5.86. The Balaban J connectivity index is 2.91. The van der Waals surface area contributed by atoms with Crippen LogP contribution in [0.5, 0.6) is 0 Å². The third-order valence-corrected chi connectivity index (χ3v) is 3.29. The Morgan fingerprint density at radius 3 is 2.62 bits per heavy atom. The Labute approximate surface area is 128 Å². The lowest BCUT2D eigenvalue weighted by molar-refractivity contribution is 0.0304. The molecular weight excluding hydrogens is 260 g/mol. The number of carbonyl (C=O) groups excluding carboxylic acids is 1. The van der Waals surface area contributed by atoms with E-state index in [1.807, 2.05) is 32.0 Å². The molecule has 0 aliphatic rings. The lowest BCUT2D eigenvalue weighted by atomic mass is 9.99. The molecule has 0 spiro atoms. The highest BCUT2D eigenvalue weighted by atomic mass is 16.5. The molecule has 2 nitrogen and oxygen atoms in total. The van der Waals surface area contributed by atoms with E-state index >= 15 is 0 Å². The fourth-order valence-electron chi connectivity index (χ4n) is 2.07. The van der Waals surface area contributed by atoms with Crippen LogP contribution < -0.4 is 0 Å². The molecule has 0 aliphatic heterocycles. The van der Waals surface area contributed by atoms with Crippen molar-refractivity contribution in [3.8, 4) is 11.8 Å². The molecule has 2 atom stereocenters. The molecule has 2 heteroatoms. The summed E-state index contributed by atoms with van der Waals surface area (Å²) in [6.07, 6.45) is 1.61. The molecule has 0 aliphatic carbocycles. The Kier molecular flexibility index (Phi) is 6.75. The first-order valence-corrected chi connectivity index (χ1v) is 7.39. The summed E-state index contributed by atoms with van der Waals surface area (Å²) < 4.78 is 5.63. The van der Waals surface area contributed by atoms with Gasteiger partial charge in [-0.1, -0.05) is 56.9 Å². The van der Waals surface area contributed by atoms with Crippen LogP contribution in [0.15, 0.2) is 36.4 Å². The van der Waals surface area contributed by atoms with Crippen molar-refractivity contribution in [1.82, 2.24) is 0 Å². The van der Waals surface area contributed by atoms with Gasteiger partial charge in [0, 0.05) is 5.92 Å². The number of hydrogen-bond acceptors (Lipinski definition) is 2. The first-order valence-electron chi connectivity index (χ1n) is 7.39. The standard InChI is InChI=1S/C19H24O2/c1-6-9-16(5)18(13-12-14(2)3)21-19(20)17-11-8-7-10-15(17)4/h7-8,10-11,16,18H,2,6,9H2,1,3-5H3. The Bertz CT molecular complexity index is 560. The van der Waals surface area contributed by atoms with Crippen LogP contribution >= 0.6 is 0 Å². The van der Waals surface area contributed by atoms with Gasteiger partial charge in [-0.2, -0.15) is 0 Å².